The van der Waals surface area contributed by atoms with Gasteiger partial charge in [-0.15, -0.1) is 11.3 Å². The van der Waals surface area contributed by atoms with Gasteiger partial charge in [-0.25, -0.2) is 4.79 Å². The monoisotopic (exact) mass is 295 g/mol. The number of carboxylic acid groups (broad SMARTS) is 1. The van der Waals surface area contributed by atoms with Gasteiger partial charge < -0.3 is 15.2 Å². The molecule has 1 saturated heterocycles. The summed E-state index contributed by atoms with van der Waals surface area (Å²) in [4.78, 5) is 23.7. The van der Waals surface area contributed by atoms with E-state index in [0.717, 1.165) is 43.6 Å². The Hall–Kier alpha value is -1.40. The maximum absolute atomic E-state index is 12.2. The second kappa shape index (κ2) is 5.54. The quantitative estimate of drug-likeness (QED) is 0.895. The van der Waals surface area contributed by atoms with E-state index < -0.39 is 5.97 Å². The molecule has 0 bridgehead atoms. The van der Waals surface area contributed by atoms with Gasteiger partial charge in [0, 0.05) is 18.6 Å². The first-order chi connectivity index (χ1) is 9.65. The zero-order valence-electron chi connectivity index (χ0n) is 11.0. The van der Waals surface area contributed by atoms with E-state index in [-0.39, 0.29) is 22.9 Å². The maximum Gasteiger partial charge on any atom is 0.345 e. The number of amides is 1. The number of carbonyl (C=O) groups excluding carboxylic acids is 1. The largest absolute Gasteiger partial charge is 0.477 e. The Morgan fingerprint density at radius 1 is 1.25 bits per heavy atom. The normalized spacial score (nSPS) is 28.9. The van der Waals surface area contributed by atoms with Gasteiger partial charge in [0.2, 0.25) is 0 Å². The number of aromatic carboxylic acids is 1. The number of carbonyl (C=O) groups is 2. The van der Waals surface area contributed by atoms with Crippen molar-refractivity contribution in [3.8, 4) is 0 Å². The maximum atomic E-state index is 12.2. The van der Waals surface area contributed by atoms with Crippen LogP contribution >= 0.6 is 11.3 Å². The second-order valence-corrected chi connectivity index (χ2v) is 6.43. The molecule has 2 heterocycles. The van der Waals surface area contributed by atoms with Crippen molar-refractivity contribution in [2.75, 3.05) is 6.61 Å². The van der Waals surface area contributed by atoms with Crippen molar-refractivity contribution in [2.45, 2.75) is 37.8 Å². The molecule has 6 heteroatoms. The number of hydrogen-bond donors (Lipinski definition) is 2. The number of rotatable bonds is 3. The summed E-state index contributed by atoms with van der Waals surface area (Å²) in [6.07, 6.45) is 4.41. The van der Waals surface area contributed by atoms with Crippen LogP contribution in [-0.4, -0.2) is 35.7 Å². The number of ether oxygens (including phenoxy) is 1. The van der Waals surface area contributed by atoms with Crippen LogP contribution in [-0.2, 0) is 4.74 Å². The molecule has 3 rings (SSSR count). The third-order valence-corrected chi connectivity index (χ3v) is 5.21. The molecule has 5 nitrogen and oxygen atoms in total. The van der Waals surface area contributed by atoms with Crippen LogP contribution in [0.4, 0.5) is 0 Å². The third-order valence-electron chi connectivity index (χ3n) is 4.14. The van der Waals surface area contributed by atoms with Gasteiger partial charge in [0.25, 0.3) is 5.91 Å². The fraction of sp³-hybridized carbons (Fsp3) is 0.571. The first-order valence-electron chi connectivity index (χ1n) is 6.91. The Morgan fingerprint density at radius 2 is 2.05 bits per heavy atom. The molecule has 2 fully saturated rings. The molecular formula is C14H17NO4S. The predicted molar refractivity (Wildman–Crippen MR) is 74.2 cm³/mol. The van der Waals surface area contributed by atoms with Crippen LogP contribution in [0.3, 0.4) is 0 Å². The lowest BCUT2D eigenvalue weighted by molar-refractivity contribution is 0.0511. The molecule has 3 atom stereocenters. The molecule has 1 aromatic heterocycles. The number of nitrogens with one attached hydrogen (secondary N) is 1. The second-order valence-electron chi connectivity index (χ2n) is 5.34. The minimum absolute atomic E-state index is 0.152. The first-order valence-corrected chi connectivity index (χ1v) is 7.72. The average molecular weight is 295 g/mol. The lowest BCUT2D eigenvalue weighted by atomic mass is 9.82. The average Bonchev–Trinajstić information content (AvgIpc) is 3.08. The highest BCUT2D eigenvalue weighted by Gasteiger charge is 2.38. The van der Waals surface area contributed by atoms with Crippen molar-refractivity contribution in [1.29, 1.82) is 0 Å². The number of thiophene rings is 1. The van der Waals surface area contributed by atoms with Crippen LogP contribution in [0.5, 0.6) is 0 Å². The topological polar surface area (TPSA) is 75.6 Å². The molecule has 1 saturated carbocycles. The van der Waals surface area contributed by atoms with Crippen LogP contribution < -0.4 is 5.32 Å². The predicted octanol–water partition coefficient (Wildman–Crippen LogP) is 2.13. The molecular weight excluding hydrogens is 278 g/mol. The molecule has 2 N–H and O–H groups in total. The first kappa shape index (κ1) is 13.6. The Morgan fingerprint density at radius 3 is 2.80 bits per heavy atom. The number of fused-ring (bicyclic) bond motifs is 1. The van der Waals surface area contributed by atoms with Gasteiger partial charge >= 0.3 is 5.97 Å². The Balaban J connectivity index is 1.67. The summed E-state index contributed by atoms with van der Waals surface area (Å²) in [7, 11) is 0. The van der Waals surface area contributed by atoms with Gasteiger partial charge in [0.1, 0.15) is 4.88 Å². The lowest BCUT2D eigenvalue weighted by Crippen LogP contribution is -2.45. The van der Waals surface area contributed by atoms with Crippen molar-refractivity contribution in [2.24, 2.45) is 5.92 Å². The smallest absolute Gasteiger partial charge is 0.345 e. The minimum atomic E-state index is -0.990. The summed E-state index contributed by atoms with van der Waals surface area (Å²) in [6, 6.07) is 3.21. The molecule has 0 spiro atoms. The van der Waals surface area contributed by atoms with Crippen molar-refractivity contribution < 1.29 is 19.4 Å². The van der Waals surface area contributed by atoms with Gasteiger partial charge in [-0.3, -0.25) is 4.79 Å². The van der Waals surface area contributed by atoms with Crippen LogP contribution in [0.25, 0.3) is 0 Å². The fourth-order valence-corrected chi connectivity index (χ4v) is 3.92. The van der Waals surface area contributed by atoms with Crippen LogP contribution in [0.15, 0.2) is 12.1 Å². The number of hydrogen-bond acceptors (Lipinski definition) is 4. The standard InChI is InChI=1S/C14H17NO4S/c16-13(11-4-5-12(20-11)14(17)18)15-9-2-1-3-10-8(9)6-7-19-10/h4-5,8-10H,1-3,6-7H2,(H,15,16)(H,17,18). The molecule has 1 aliphatic heterocycles. The molecule has 1 amide bonds. The van der Waals surface area contributed by atoms with Crippen molar-refractivity contribution >= 4 is 23.2 Å². The van der Waals surface area contributed by atoms with Crippen molar-refractivity contribution in [3.63, 3.8) is 0 Å². The van der Waals surface area contributed by atoms with E-state index in [0.29, 0.717) is 10.8 Å². The molecule has 108 valence electrons. The Bertz CT molecular complexity index is 527. The van der Waals surface area contributed by atoms with Gasteiger partial charge in [0.05, 0.1) is 11.0 Å². The van der Waals surface area contributed by atoms with E-state index in [2.05, 4.69) is 5.32 Å². The van der Waals surface area contributed by atoms with E-state index in [9.17, 15) is 9.59 Å². The highest BCUT2D eigenvalue weighted by molar-refractivity contribution is 7.15. The Labute approximate surface area is 120 Å². The lowest BCUT2D eigenvalue weighted by Gasteiger charge is -2.33. The van der Waals surface area contributed by atoms with Gasteiger partial charge in [0.15, 0.2) is 0 Å². The molecule has 0 radical (unpaired) electrons. The van der Waals surface area contributed by atoms with E-state index >= 15 is 0 Å². The SMILES string of the molecule is O=C(O)c1ccc(C(=O)NC2CCCC3OCCC23)s1. The van der Waals surface area contributed by atoms with E-state index in [1.807, 2.05) is 0 Å². The molecule has 3 unspecified atom stereocenters. The van der Waals surface area contributed by atoms with Crippen molar-refractivity contribution in [3.05, 3.63) is 21.9 Å². The van der Waals surface area contributed by atoms with Gasteiger partial charge in [-0.2, -0.15) is 0 Å². The van der Waals surface area contributed by atoms with Crippen LogP contribution in [0.1, 0.15) is 45.0 Å². The molecule has 0 aromatic carbocycles. The number of carboxylic acids is 1. The van der Waals surface area contributed by atoms with Gasteiger partial charge in [-0.1, -0.05) is 0 Å². The summed E-state index contributed by atoms with van der Waals surface area (Å²) in [5.74, 6) is -0.748. The summed E-state index contributed by atoms with van der Waals surface area (Å²) < 4.78 is 5.68. The van der Waals surface area contributed by atoms with Gasteiger partial charge in [-0.05, 0) is 37.8 Å². The summed E-state index contributed by atoms with van der Waals surface area (Å²) in [6.45, 7) is 0.782. The summed E-state index contributed by atoms with van der Waals surface area (Å²) in [5, 5.41) is 11.9. The van der Waals surface area contributed by atoms with Crippen LogP contribution in [0, 0.1) is 5.92 Å². The van der Waals surface area contributed by atoms with E-state index in [4.69, 9.17) is 9.84 Å². The Kier molecular flexibility index (Phi) is 3.76. The minimum Gasteiger partial charge on any atom is -0.477 e. The molecule has 2 aliphatic rings. The van der Waals surface area contributed by atoms with E-state index in [1.165, 1.54) is 6.07 Å². The molecule has 1 aromatic rings. The fourth-order valence-electron chi connectivity index (χ4n) is 3.17. The molecule has 20 heavy (non-hydrogen) atoms. The summed E-state index contributed by atoms with van der Waals surface area (Å²) in [5.41, 5.74) is 0. The highest BCUT2D eigenvalue weighted by Crippen LogP contribution is 2.34. The highest BCUT2D eigenvalue weighted by atomic mass is 32.1. The van der Waals surface area contributed by atoms with E-state index in [1.54, 1.807) is 6.07 Å². The zero-order valence-corrected chi connectivity index (χ0v) is 11.8. The molecule has 1 aliphatic carbocycles. The summed E-state index contributed by atoms with van der Waals surface area (Å²) >= 11 is 1.02. The van der Waals surface area contributed by atoms with Crippen LogP contribution in [0.2, 0.25) is 0 Å². The van der Waals surface area contributed by atoms with Crippen molar-refractivity contribution in [1.82, 2.24) is 5.32 Å². The zero-order chi connectivity index (χ0) is 14.1. The third kappa shape index (κ3) is 2.58.